The van der Waals surface area contributed by atoms with E-state index in [-0.39, 0.29) is 11.1 Å². The third kappa shape index (κ3) is 2.38. The summed E-state index contributed by atoms with van der Waals surface area (Å²) >= 11 is 3.47. The number of hydrogen-bond acceptors (Lipinski definition) is 4. The largest absolute Gasteiger partial charge is 0.394 e. The number of anilines is 2. The first-order valence-electron chi connectivity index (χ1n) is 6.58. The number of hydrogen-bond donors (Lipinski definition) is 2. The lowest BCUT2D eigenvalue weighted by Gasteiger charge is -2.18. The average Bonchev–Trinajstić information content (AvgIpc) is 3.18. The highest BCUT2D eigenvalue weighted by atomic mass is 79.9. The van der Waals surface area contributed by atoms with Crippen molar-refractivity contribution in [3.05, 3.63) is 54.7 Å². The lowest BCUT2D eigenvalue weighted by Crippen LogP contribution is -2.38. The van der Waals surface area contributed by atoms with Crippen molar-refractivity contribution in [3.8, 4) is 0 Å². The molecule has 0 spiro atoms. The monoisotopic (exact) mass is 334 g/mol. The van der Waals surface area contributed by atoms with Crippen LogP contribution in [0.25, 0.3) is 0 Å². The van der Waals surface area contributed by atoms with Gasteiger partial charge in [-0.1, -0.05) is 28.1 Å². The SMILES string of the molecule is Nc1c(NCC2(Cc3cccc(Br)c3)CC2)c(=O)c1=O. The van der Waals surface area contributed by atoms with Gasteiger partial charge in [0.05, 0.1) is 0 Å². The summed E-state index contributed by atoms with van der Waals surface area (Å²) in [6.07, 6.45) is 3.22. The second-order valence-electron chi connectivity index (χ2n) is 5.61. The van der Waals surface area contributed by atoms with Crippen LogP contribution in [0, 0.1) is 5.41 Å². The van der Waals surface area contributed by atoms with Crippen molar-refractivity contribution in [1.29, 1.82) is 0 Å². The standard InChI is InChI=1S/C15H15BrN2O2/c16-10-3-1-2-9(6-10)7-15(4-5-15)8-18-12-11(17)13(19)14(12)20/h1-3,6,18H,4-5,7-8,17H2. The molecule has 1 fully saturated rings. The van der Waals surface area contributed by atoms with Gasteiger partial charge >= 0.3 is 0 Å². The molecule has 0 radical (unpaired) electrons. The van der Waals surface area contributed by atoms with Crippen LogP contribution in [-0.4, -0.2) is 6.54 Å². The molecule has 0 heterocycles. The molecule has 2 aromatic rings. The van der Waals surface area contributed by atoms with E-state index in [0.717, 1.165) is 23.7 Å². The predicted molar refractivity (Wildman–Crippen MR) is 83.8 cm³/mol. The van der Waals surface area contributed by atoms with Gasteiger partial charge in [0.2, 0.25) is 0 Å². The molecule has 0 amide bonds. The second-order valence-corrected chi connectivity index (χ2v) is 6.52. The summed E-state index contributed by atoms with van der Waals surface area (Å²) < 4.78 is 1.07. The highest BCUT2D eigenvalue weighted by Gasteiger charge is 2.42. The molecule has 0 aliphatic heterocycles. The first-order chi connectivity index (χ1) is 9.51. The van der Waals surface area contributed by atoms with E-state index in [1.807, 2.05) is 12.1 Å². The first kappa shape index (κ1) is 13.4. The zero-order chi connectivity index (χ0) is 14.3. The van der Waals surface area contributed by atoms with Crippen molar-refractivity contribution in [1.82, 2.24) is 0 Å². The maximum Gasteiger partial charge on any atom is 0.253 e. The fourth-order valence-corrected chi connectivity index (χ4v) is 2.98. The molecular formula is C15H15BrN2O2. The van der Waals surface area contributed by atoms with Crippen molar-refractivity contribution in [2.45, 2.75) is 19.3 Å². The normalized spacial score (nSPS) is 16.2. The van der Waals surface area contributed by atoms with Gasteiger partial charge < -0.3 is 11.1 Å². The van der Waals surface area contributed by atoms with E-state index in [1.54, 1.807) is 0 Å². The molecule has 3 N–H and O–H groups in total. The van der Waals surface area contributed by atoms with E-state index < -0.39 is 10.9 Å². The maximum absolute atomic E-state index is 11.4. The summed E-state index contributed by atoms with van der Waals surface area (Å²) in [6, 6.07) is 8.26. The van der Waals surface area contributed by atoms with Gasteiger partial charge in [0.15, 0.2) is 0 Å². The third-order valence-electron chi connectivity index (χ3n) is 4.01. The highest BCUT2D eigenvalue weighted by Crippen LogP contribution is 2.48. The Morgan fingerprint density at radius 2 is 2.00 bits per heavy atom. The zero-order valence-electron chi connectivity index (χ0n) is 10.9. The summed E-state index contributed by atoms with van der Waals surface area (Å²) in [5.74, 6) is 0. The number of benzene rings is 1. The van der Waals surface area contributed by atoms with Gasteiger partial charge in [-0.05, 0) is 42.4 Å². The van der Waals surface area contributed by atoms with Crippen molar-refractivity contribution in [2.75, 3.05) is 17.6 Å². The minimum atomic E-state index is -0.565. The molecule has 0 atom stereocenters. The van der Waals surface area contributed by atoms with E-state index in [1.165, 1.54) is 5.56 Å². The second kappa shape index (κ2) is 4.74. The molecule has 1 aliphatic rings. The van der Waals surface area contributed by atoms with Crippen molar-refractivity contribution in [3.63, 3.8) is 0 Å². The minimum absolute atomic E-state index is 0.0771. The number of nitrogen functional groups attached to an aromatic ring is 1. The summed E-state index contributed by atoms with van der Waals surface area (Å²) in [4.78, 5) is 22.4. The van der Waals surface area contributed by atoms with E-state index >= 15 is 0 Å². The number of nitrogens with two attached hydrogens (primary N) is 1. The van der Waals surface area contributed by atoms with Crippen LogP contribution in [0.15, 0.2) is 38.3 Å². The Bertz CT molecular complexity index is 728. The Balaban J connectivity index is 1.66. The third-order valence-corrected chi connectivity index (χ3v) is 4.51. The Kier molecular flexibility index (Phi) is 3.17. The van der Waals surface area contributed by atoms with Gasteiger partial charge in [0.1, 0.15) is 11.4 Å². The van der Waals surface area contributed by atoms with Crippen LogP contribution in [0.4, 0.5) is 11.4 Å². The Hall–Kier alpha value is -1.62. The van der Waals surface area contributed by atoms with Gasteiger partial charge in [-0.15, -0.1) is 0 Å². The highest BCUT2D eigenvalue weighted by molar-refractivity contribution is 9.10. The smallest absolute Gasteiger partial charge is 0.253 e. The van der Waals surface area contributed by atoms with Crippen molar-refractivity contribution >= 4 is 27.3 Å². The molecule has 20 heavy (non-hydrogen) atoms. The Morgan fingerprint density at radius 3 is 2.60 bits per heavy atom. The molecule has 0 aromatic heterocycles. The van der Waals surface area contributed by atoms with Crippen LogP contribution in [-0.2, 0) is 6.42 Å². The maximum atomic E-state index is 11.4. The van der Waals surface area contributed by atoms with Crippen LogP contribution < -0.4 is 21.9 Å². The predicted octanol–water partition coefficient (Wildman–Crippen LogP) is 2.06. The molecule has 5 heteroatoms. The summed E-state index contributed by atoms with van der Waals surface area (Å²) in [7, 11) is 0. The average molecular weight is 335 g/mol. The Labute approximate surface area is 124 Å². The fraction of sp³-hybridized carbons (Fsp3) is 0.333. The number of rotatable bonds is 5. The van der Waals surface area contributed by atoms with Crippen LogP contribution in [0.1, 0.15) is 18.4 Å². The van der Waals surface area contributed by atoms with E-state index in [4.69, 9.17) is 5.73 Å². The molecule has 2 aromatic carbocycles. The lowest BCUT2D eigenvalue weighted by molar-refractivity contribution is 0.538. The van der Waals surface area contributed by atoms with E-state index in [9.17, 15) is 9.59 Å². The van der Waals surface area contributed by atoms with E-state index in [0.29, 0.717) is 12.2 Å². The van der Waals surface area contributed by atoms with Gasteiger partial charge in [0, 0.05) is 11.0 Å². The van der Waals surface area contributed by atoms with Gasteiger partial charge in [0.25, 0.3) is 10.9 Å². The molecule has 1 saturated carbocycles. The topological polar surface area (TPSA) is 72.2 Å². The summed E-state index contributed by atoms with van der Waals surface area (Å²) in [5.41, 5.74) is 6.31. The Morgan fingerprint density at radius 1 is 1.25 bits per heavy atom. The number of halogens is 1. The molecule has 104 valence electrons. The van der Waals surface area contributed by atoms with E-state index in [2.05, 4.69) is 33.4 Å². The summed E-state index contributed by atoms with van der Waals surface area (Å²) in [5, 5.41) is 3.06. The zero-order valence-corrected chi connectivity index (χ0v) is 12.5. The minimum Gasteiger partial charge on any atom is -0.394 e. The van der Waals surface area contributed by atoms with Crippen LogP contribution >= 0.6 is 15.9 Å². The molecule has 0 saturated heterocycles. The molecular weight excluding hydrogens is 320 g/mol. The van der Waals surface area contributed by atoms with Gasteiger partial charge in [-0.2, -0.15) is 0 Å². The van der Waals surface area contributed by atoms with Crippen LogP contribution in [0.2, 0.25) is 0 Å². The fourth-order valence-electron chi connectivity index (χ4n) is 2.53. The quantitative estimate of drug-likeness (QED) is 0.821. The molecule has 3 rings (SSSR count). The lowest BCUT2D eigenvalue weighted by atomic mass is 9.96. The number of nitrogens with one attached hydrogen (secondary N) is 1. The molecule has 4 nitrogen and oxygen atoms in total. The first-order valence-corrected chi connectivity index (χ1v) is 7.37. The van der Waals surface area contributed by atoms with Crippen LogP contribution in [0.3, 0.4) is 0 Å². The van der Waals surface area contributed by atoms with Crippen LogP contribution in [0.5, 0.6) is 0 Å². The molecule has 0 unspecified atom stereocenters. The van der Waals surface area contributed by atoms with Crippen molar-refractivity contribution < 1.29 is 0 Å². The van der Waals surface area contributed by atoms with Crippen molar-refractivity contribution in [2.24, 2.45) is 5.41 Å². The summed E-state index contributed by atoms with van der Waals surface area (Å²) in [6.45, 7) is 0.689. The van der Waals surface area contributed by atoms with Gasteiger partial charge in [-0.3, -0.25) is 9.59 Å². The van der Waals surface area contributed by atoms with Gasteiger partial charge in [-0.25, -0.2) is 0 Å². The molecule has 0 bridgehead atoms. The molecule has 1 aliphatic carbocycles.